The molecule has 98 valence electrons. The Kier molecular flexibility index (Phi) is 2.52. The number of nitrogen functional groups attached to an aromatic ring is 1. The normalized spacial score (nSPS) is 11.0. The van der Waals surface area contributed by atoms with Crippen LogP contribution in [0, 0.1) is 0 Å². The van der Waals surface area contributed by atoms with Crippen molar-refractivity contribution in [2.75, 3.05) is 11.1 Å². The van der Waals surface area contributed by atoms with E-state index in [1.807, 2.05) is 13.2 Å². The molecule has 0 amide bonds. The number of hydrogen-bond donors (Lipinski definition) is 3. The predicted molar refractivity (Wildman–Crippen MR) is 71.8 cm³/mol. The van der Waals surface area contributed by atoms with Crippen molar-refractivity contribution in [1.29, 1.82) is 0 Å². The minimum atomic E-state index is -0.487. The molecule has 0 radical (unpaired) electrons. The average Bonchev–Trinajstić information content (AvgIpc) is 2.91. The predicted octanol–water partition coefficient (Wildman–Crippen LogP) is 1.05. The smallest absolute Gasteiger partial charge is 0.408 e. The van der Waals surface area contributed by atoms with Gasteiger partial charge in [0, 0.05) is 31.4 Å². The lowest BCUT2D eigenvalue weighted by molar-refractivity contribution is 0.555. The minimum absolute atomic E-state index is 0.453. The Labute approximate surface area is 108 Å². The second kappa shape index (κ2) is 4.20. The van der Waals surface area contributed by atoms with Crippen LogP contribution < -0.4 is 16.8 Å². The van der Waals surface area contributed by atoms with Crippen molar-refractivity contribution in [2.24, 2.45) is 7.05 Å². The van der Waals surface area contributed by atoms with Gasteiger partial charge in [0.05, 0.1) is 23.1 Å². The van der Waals surface area contributed by atoms with Gasteiger partial charge >= 0.3 is 5.76 Å². The van der Waals surface area contributed by atoms with Crippen LogP contribution in [0.1, 0.15) is 5.56 Å². The molecule has 4 N–H and O–H groups in total. The van der Waals surface area contributed by atoms with Crippen LogP contribution >= 0.6 is 0 Å². The number of benzene rings is 1. The molecule has 0 aliphatic carbocycles. The molecule has 0 saturated heterocycles. The zero-order chi connectivity index (χ0) is 13.4. The molecule has 0 spiro atoms. The number of aromatic amines is 1. The van der Waals surface area contributed by atoms with Crippen molar-refractivity contribution in [1.82, 2.24) is 14.8 Å². The maximum atomic E-state index is 11.1. The van der Waals surface area contributed by atoms with Crippen LogP contribution in [0.4, 0.5) is 11.4 Å². The van der Waals surface area contributed by atoms with Crippen molar-refractivity contribution in [3.05, 3.63) is 40.6 Å². The van der Waals surface area contributed by atoms with E-state index >= 15 is 0 Å². The fraction of sp³-hybridized carbons (Fsp3) is 0.167. The molecule has 7 heteroatoms. The summed E-state index contributed by atoms with van der Waals surface area (Å²) in [6.45, 7) is 0.603. The second-order valence-electron chi connectivity index (χ2n) is 4.33. The van der Waals surface area contributed by atoms with Gasteiger partial charge in [0.15, 0.2) is 5.58 Å². The Bertz CT molecular complexity index is 783. The average molecular weight is 259 g/mol. The summed E-state index contributed by atoms with van der Waals surface area (Å²) in [4.78, 5) is 13.7. The van der Waals surface area contributed by atoms with Gasteiger partial charge in [-0.15, -0.1) is 0 Å². The summed E-state index contributed by atoms with van der Waals surface area (Å²) in [6.07, 6.45) is 3.70. The highest BCUT2D eigenvalue weighted by Gasteiger charge is 2.07. The number of nitrogens with two attached hydrogens (primary N) is 1. The van der Waals surface area contributed by atoms with Crippen LogP contribution in [-0.4, -0.2) is 14.8 Å². The fourth-order valence-electron chi connectivity index (χ4n) is 1.93. The van der Waals surface area contributed by atoms with Gasteiger partial charge in [-0.1, -0.05) is 0 Å². The van der Waals surface area contributed by atoms with Gasteiger partial charge in [0.25, 0.3) is 0 Å². The van der Waals surface area contributed by atoms with Gasteiger partial charge in [0.1, 0.15) is 0 Å². The van der Waals surface area contributed by atoms with Crippen molar-refractivity contribution in [3.63, 3.8) is 0 Å². The molecule has 0 saturated carbocycles. The molecule has 19 heavy (non-hydrogen) atoms. The SMILES string of the molecule is Cn1cc(CNc2cc3[nH]c(=O)oc3cc2N)cn1. The van der Waals surface area contributed by atoms with E-state index in [1.165, 1.54) is 0 Å². The van der Waals surface area contributed by atoms with Gasteiger partial charge in [-0.3, -0.25) is 9.67 Å². The Morgan fingerprint density at radius 3 is 3.11 bits per heavy atom. The van der Waals surface area contributed by atoms with Crippen LogP contribution in [0.25, 0.3) is 11.1 Å². The molecule has 0 bridgehead atoms. The molecule has 0 atom stereocenters. The van der Waals surface area contributed by atoms with E-state index in [0.29, 0.717) is 23.3 Å². The molecule has 0 aliphatic heterocycles. The number of rotatable bonds is 3. The van der Waals surface area contributed by atoms with Gasteiger partial charge in [0.2, 0.25) is 0 Å². The van der Waals surface area contributed by atoms with Crippen molar-refractivity contribution in [2.45, 2.75) is 6.54 Å². The summed E-state index contributed by atoms with van der Waals surface area (Å²) in [5.74, 6) is -0.487. The van der Waals surface area contributed by atoms with Crippen LogP contribution in [0.15, 0.2) is 33.7 Å². The molecule has 3 rings (SSSR count). The zero-order valence-electron chi connectivity index (χ0n) is 10.3. The third-order valence-electron chi connectivity index (χ3n) is 2.83. The largest absolute Gasteiger partial charge is 0.417 e. The van der Waals surface area contributed by atoms with Gasteiger partial charge in [-0.25, -0.2) is 4.79 Å². The van der Waals surface area contributed by atoms with E-state index in [4.69, 9.17) is 10.2 Å². The number of fused-ring (bicyclic) bond motifs is 1. The van der Waals surface area contributed by atoms with Crippen molar-refractivity contribution >= 4 is 22.5 Å². The molecule has 7 nitrogen and oxygen atoms in total. The summed E-state index contributed by atoms with van der Waals surface area (Å²) in [6, 6.07) is 3.38. The number of anilines is 2. The highest BCUT2D eigenvalue weighted by atomic mass is 16.4. The quantitative estimate of drug-likeness (QED) is 0.610. The van der Waals surface area contributed by atoms with E-state index in [-0.39, 0.29) is 0 Å². The number of aromatic nitrogens is 3. The molecular weight excluding hydrogens is 246 g/mol. The Balaban J connectivity index is 1.87. The van der Waals surface area contributed by atoms with Crippen molar-refractivity contribution < 1.29 is 4.42 Å². The second-order valence-corrected chi connectivity index (χ2v) is 4.33. The maximum Gasteiger partial charge on any atom is 0.417 e. The number of H-pyrrole nitrogens is 1. The third kappa shape index (κ3) is 2.17. The summed E-state index contributed by atoms with van der Waals surface area (Å²) in [5.41, 5.74) is 9.29. The van der Waals surface area contributed by atoms with Crippen LogP contribution in [0.2, 0.25) is 0 Å². The lowest BCUT2D eigenvalue weighted by Crippen LogP contribution is -2.02. The van der Waals surface area contributed by atoms with Gasteiger partial charge in [-0.2, -0.15) is 5.10 Å². The Hall–Kier alpha value is -2.70. The van der Waals surface area contributed by atoms with Crippen LogP contribution in [-0.2, 0) is 13.6 Å². The van der Waals surface area contributed by atoms with Gasteiger partial charge < -0.3 is 15.5 Å². The van der Waals surface area contributed by atoms with E-state index in [2.05, 4.69) is 15.4 Å². The summed E-state index contributed by atoms with van der Waals surface area (Å²) < 4.78 is 6.67. The topological polar surface area (TPSA) is 102 Å². The van der Waals surface area contributed by atoms with E-state index < -0.39 is 5.76 Å². The molecule has 1 aromatic carbocycles. The summed E-state index contributed by atoms with van der Waals surface area (Å²) in [5, 5.41) is 7.29. The molecule has 0 aliphatic rings. The molecule has 0 unspecified atom stereocenters. The highest BCUT2D eigenvalue weighted by molar-refractivity contribution is 5.85. The summed E-state index contributed by atoms with van der Waals surface area (Å²) >= 11 is 0. The molecular formula is C12H13N5O2. The first-order valence-electron chi connectivity index (χ1n) is 5.75. The molecule has 0 fully saturated rings. The first kappa shape index (κ1) is 11.4. The molecule has 3 aromatic rings. The van der Waals surface area contributed by atoms with Crippen LogP contribution in [0.5, 0.6) is 0 Å². The fourth-order valence-corrected chi connectivity index (χ4v) is 1.93. The Morgan fingerprint density at radius 2 is 2.37 bits per heavy atom. The molecule has 2 heterocycles. The maximum absolute atomic E-state index is 11.1. The first-order valence-corrected chi connectivity index (χ1v) is 5.75. The Morgan fingerprint density at radius 1 is 1.53 bits per heavy atom. The number of oxazole rings is 1. The first-order chi connectivity index (χ1) is 9.11. The third-order valence-corrected chi connectivity index (χ3v) is 2.83. The summed E-state index contributed by atoms with van der Waals surface area (Å²) in [7, 11) is 1.86. The number of nitrogens with zero attached hydrogens (tertiary/aromatic N) is 2. The van der Waals surface area contributed by atoms with Gasteiger partial charge in [-0.05, 0) is 6.07 Å². The van der Waals surface area contributed by atoms with E-state index in [1.54, 1.807) is 23.0 Å². The van der Waals surface area contributed by atoms with E-state index in [9.17, 15) is 4.79 Å². The number of nitrogens with one attached hydrogen (secondary N) is 2. The lowest BCUT2D eigenvalue weighted by atomic mass is 10.2. The van der Waals surface area contributed by atoms with Crippen LogP contribution in [0.3, 0.4) is 0 Å². The minimum Gasteiger partial charge on any atom is -0.408 e. The van der Waals surface area contributed by atoms with E-state index in [0.717, 1.165) is 11.3 Å². The monoisotopic (exact) mass is 259 g/mol. The number of aryl methyl sites for hydroxylation is 1. The zero-order valence-corrected chi connectivity index (χ0v) is 10.3. The lowest BCUT2D eigenvalue weighted by Gasteiger charge is -2.07. The standard InChI is InChI=1S/C12H13N5O2/c1-17-6-7(5-15-17)4-14-9-3-10-11(2-8(9)13)19-12(18)16-10/h2-3,5-6,14H,4,13H2,1H3,(H,16,18). The highest BCUT2D eigenvalue weighted by Crippen LogP contribution is 2.24. The van der Waals surface area contributed by atoms with Crippen molar-refractivity contribution in [3.8, 4) is 0 Å². The molecule has 2 aromatic heterocycles. The number of hydrogen-bond acceptors (Lipinski definition) is 5.